The Hall–Kier alpha value is -1.68. The number of hydrogen-bond acceptors (Lipinski definition) is 3. The van der Waals surface area contributed by atoms with Gasteiger partial charge in [-0.1, -0.05) is 46.9 Å². The smallest absolute Gasteiger partial charge is 0.162 e. The van der Waals surface area contributed by atoms with Crippen LogP contribution in [0, 0.1) is 0 Å². The predicted octanol–water partition coefficient (Wildman–Crippen LogP) is 5.17. The van der Waals surface area contributed by atoms with Gasteiger partial charge in [-0.25, -0.2) is 9.97 Å². The molecule has 0 saturated heterocycles. The molecule has 1 aromatic carbocycles. The summed E-state index contributed by atoms with van der Waals surface area (Å²) in [4.78, 5) is 12.6. The standard InChI is InChI=1S/C15H8Cl3N3/c16-11-3-1-2-10(8-11)12-13(17)20-15(21-14(12)18)9-4-6-19-7-5-9/h1-8H. The molecule has 0 N–H and O–H groups in total. The Labute approximate surface area is 136 Å². The van der Waals surface area contributed by atoms with Crippen LogP contribution in [-0.2, 0) is 0 Å². The monoisotopic (exact) mass is 335 g/mol. The highest BCUT2D eigenvalue weighted by molar-refractivity contribution is 6.38. The number of pyridine rings is 1. The van der Waals surface area contributed by atoms with E-state index in [9.17, 15) is 0 Å². The highest BCUT2D eigenvalue weighted by Crippen LogP contribution is 2.35. The Morgan fingerprint density at radius 3 is 2.05 bits per heavy atom. The first-order chi connectivity index (χ1) is 10.1. The Bertz CT molecular complexity index is 768. The molecule has 104 valence electrons. The van der Waals surface area contributed by atoms with Gasteiger partial charge in [-0.05, 0) is 29.8 Å². The van der Waals surface area contributed by atoms with Crippen LogP contribution in [0.1, 0.15) is 0 Å². The van der Waals surface area contributed by atoms with Crippen molar-refractivity contribution in [3.63, 3.8) is 0 Å². The van der Waals surface area contributed by atoms with Gasteiger partial charge >= 0.3 is 0 Å². The first-order valence-electron chi connectivity index (χ1n) is 6.04. The van der Waals surface area contributed by atoms with E-state index in [1.54, 1.807) is 36.7 Å². The molecule has 0 amide bonds. The van der Waals surface area contributed by atoms with Crippen LogP contribution in [0.15, 0.2) is 48.8 Å². The summed E-state index contributed by atoms with van der Waals surface area (Å²) in [5.41, 5.74) is 2.14. The molecule has 0 aliphatic heterocycles. The molecule has 3 aromatic rings. The van der Waals surface area contributed by atoms with Gasteiger partial charge in [-0.2, -0.15) is 0 Å². The molecule has 0 aliphatic rings. The summed E-state index contributed by atoms with van der Waals surface area (Å²) in [7, 11) is 0. The number of aromatic nitrogens is 3. The summed E-state index contributed by atoms with van der Waals surface area (Å²) in [6, 6.07) is 10.8. The Morgan fingerprint density at radius 1 is 0.762 bits per heavy atom. The lowest BCUT2D eigenvalue weighted by Crippen LogP contribution is -1.94. The molecule has 0 saturated carbocycles. The van der Waals surface area contributed by atoms with Gasteiger partial charge in [0.1, 0.15) is 10.3 Å². The third-order valence-corrected chi connectivity index (χ3v) is 3.65. The second-order valence-corrected chi connectivity index (χ2v) is 5.40. The quantitative estimate of drug-likeness (QED) is 0.606. The molecule has 0 atom stereocenters. The zero-order valence-electron chi connectivity index (χ0n) is 10.6. The summed E-state index contributed by atoms with van der Waals surface area (Å²) in [6.45, 7) is 0. The number of nitrogens with zero attached hydrogens (tertiary/aromatic N) is 3. The highest BCUT2D eigenvalue weighted by atomic mass is 35.5. The third kappa shape index (κ3) is 3.00. The summed E-state index contributed by atoms with van der Waals surface area (Å²) < 4.78 is 0. The highest BCUT2D eigenvalue weighted by Gasteiger charge is 2.14. The van der Waals surface area contributed by atoms with Gasteiger partial charge in [0, 0.05) is 23.0 Å². The molecule has 2 heterocycles. The van der Waals surface area contributed by atoms with Crippen LogP contribution in [-0.4, -0.2) is 15.0 Å². The van der Waals surface area contributed by atoms with Crippen molar-refractivity contribution >= 4 is 34.8 Å². The van der Waals surface area contributed by atoms with Crippen LogP contribution in [0.5, 0.6) is 0 Å². The average Bonchev–Trinajstić information content (AvgIpc) is 2.47. The van der Waals surface area contributed by atoms with Crippen molar-refractivity contribution in [3.05, 3.63) is 64.1 Å². The van der Waals surface area contributed by atoms with Crippen molar-refractivity contribution < 1.29 is 0 Å². The molecular formula is C15H8Cl3N3. The van der Waals surface area contributed by atoms with Crippen molar-refractivity contribution in [3.8, 4) is 22.5 Å². The number of halogens is 3. The van der Waals surface area contributed by atoms with E-state index in [0.717, 1.165) is 11.1 Å². The maximum absolute atomic E-state index is 6.28. The van der Waals surface area contributed by atoms with Crippen molar-refractivity contribution in [1.29, 1.82) is 0 Å². The van der Waals surface area contributed by atoms with E-state index in [-0.39, 0.29) is 10.3 Å². The summed E-state index contributed by atoms with van der Waals surface area (Å²) >= 11 is 18.5. The Kier molecular flexibility index (Phi) is 4.06. The van der Waals surface area contributed by atoms with Crippen LogP contribution >= 0.6 is 34.8 Å². The molecule has 21 heavy (non-hydrogen) atoms. The van der Waals surface area contributed by atoms with E-state index in [1.807, 2.05) is 12.1 Å². The number of benzene rings is 1. The second-order valence-electron chi connectivity index (χ2n) is 4.25. The van der Waals surface area contributed by atoms with Gasteiger partial charge in [-0.15, -0.1) is 0 Å². The van der Waals surface area contributed by atoms with Crippen LogP contribution < -0.4 is 0 Å². The molecule has 0 spiro atoms. The molecule has 0 unspecified atom stereocenters. The zero-order chi connectivity index (χ0) is 14.8. The Balaban J connectivity index is 2.13. The van der Waals surface area contributed by atoms with Crippen molar-refractivity contribution in [2.75, 3.05) is 0 Å². The zero-order valence-corrected chi connectivity index (χ0v) is 12.9. The van der Waals surface area contributed by atoms with Crippen LogP contribution in [0.2, 0.25) is 15.3 Å². The fourth-order valence-corrected chi connectivity index (χ4v) is 2.72. The van der Waals surface area contributed by atoms with E-state index >= 15 is 0 Å². The molecule has 2 aromatic heterocycles. The summed E-state index contributed by atoms with van der Waals surface area (Å²) in [5.74, 6) is 0.457. The molecule has 0 bridgehead atoms. The molecule has 0 aliphatic carbocycles. The van der Waals surface area contributed by atoms with Crippen LogP contribution in [0.4, 0.5) is 0 Å². The normalized spacial score (nSPS) is 10.6. The predicted molar refractivity (Wildman–Crippen MR) is 85.7 cm³/mol. The first kappa shape index (κ1) is 14.3. The number of hydrogen-bond donors (Lipinski definition) is 0. The Morgan fingerprint density at radius 2 is 1.43 bits per heavy atom. The molecule has 3 nitrogen and oxygen atoms in total. The SMILES string of the molecule is Clc1cccc(-c2c(Cl)nc(-c3ccncc3)nc2Cl)c1. The van der Waals surface area contributed by atoms with E-state index < -0.39 is 0 Å². The average molecular weight is 337 g/mol. The van der Waals surface area contributed by atoms with Crippen molar-refractivity contribution in [2.24, 2.45) is 0 Å². The second kappa shape index (κ2) is 5.98. The number of rotatable bonds is 2. The minimum atomic E-state index is 0.282. The topological polar surface area (TPSA) is 38.7 Å². The van der Waals surface area contributed by atoms with E-state index in [1.165, 1.54) is 0 Å². The lowest BCUT2D eigenvalue weighted by atomic mass is 10.1. The molecule has 6 heteroatoms. The third-order valence-electron chi connectivity index (χ3n) is 2.87. The summed E-state index contributed by atoms with van der Waals surface area (Å²) in [5, 5.41) is 1.16. The van der Waals surface area contributed by atoms with E-state index in [0.29, 0.717) is 16.4 Å². The maximum Gasteiger partial charge on any atom is 0.162 e. The van der Waals surface area contributed by atoms with Crippen molar-refractivity contribution in [2.45, 2.75) is 0 Å². The first-order valence-corrected chi connectivity index (χ1v) is 7.18. The molecule has 0 radical (unpaired) electrons. The molecule has 0 fully saturated rings. The molecule has 3 rings (SSSR count). The van der Waals surface area contributed by atoms with Gasteiger partial charge in [0.05, 0.1) is 5.56 Å². The van der Waals surface area contributed by atoms with Crippen LogP contribution in [0.3, 0.4) is 0 Å². The summed E-state index contributed by atoms with van der Waals surface area (Å²) in [6.07, 6.45) is 3.32. The van der Waals surface area contributed by atoms with Crippen molar-refractivity contribution in [1.82, 2.24) is 15.0 Å². The van der Waals surface area contributed by atoms with E-state index in [4.69, 9.17) is 34.8 Å². The fourth-order valence-electron chi connectivity index (χ4n) is 1.92. The van der Waals surface area contributed by atoms with Gasteiger partial charge in [0.15, 0.2) is 5.82 Å². The fraction of sp³-hybridized carbons (Fsp3) is 0. The lowest BCUT2D eigenvalue weighted by Gasteiger charge is -2.09. The minimum Gasteiger partial charge on any atom is -0.265 e. The van der Waals surface area contributed by atoms with E-state index in [2.05, 4.69) is 15.0 Å². The largest absolute Gasteiger partial charge is 0.265 e. The maximum atomic E-state index is 6.28. The minimum absolute atomic E-state index is 0.282. The molecular weight excluding hydrogens is 329 g/mol. The van der Waals surface area contributed by atoms with Gasteiger partial charge < -0.3 is 0 Å². The van der Waals surface area contributed by atoms with Gasteiger partial charge in [0.25, 0.3) is 0 Å². The van der Waals surface area contributed by atoms with Gasteiger partial charge in [0.2, 0.25) is 0 Å². The van der Waals surface area contributed by atoms with Crippen LogP contribution in [0.25, 0.3) is 22.5 Å². The van der Waals surface area contributed by atoms with Gasteiger partial charge in [-0.3, -0.25) is 4.98 Å². The lowest BCUT2D eigenvalue weighted by molar-refractivity contribution is 1.17.